The van der Waals surface area contributed by atoms with E-state index in [1.54, 1.807) is 37.4 Å². The third-order valence-corrected chi connectivity index (χ3v) is 4.34. The Labute approximate surface area is 171 Å². The smallest absolute Gasteiger partial charge is 0.319 e. The highest BCUT2D eigenvalue weighted by Crippen LogP contribution is 2.30. The largest absolute Gasteiger partial charge is 0.508 e. The lowest BCUT2D eigenvalue weighted by Crippen LogP contribution is -2.32. The molecule has 0 fully saturated rings. The Morgan fingerprint density at radius 1 is 1.10 bits per heavy atom. The van der Waals surface area contributed by atoms with Gasteiger partial charge in [-0.05, 0) is 48.6 Å². The molecule has 0 saturated carbocycles. The Hall–Kier alpha value is -2.93. The fourth-order valence-corrected chi connectivity index (χ4v) is 2.72. The van der Waals surface area contributed by atoms with Crippen LogP contribution in [-0.2, 0) is 0 Å². The first-order chi connectivity index (χ1) is 13.9. The third kappa shape index (κ3) is 7.54. The standard InChI is InChI=1S/C22H30N2O5/c1-15(2)5-4-12-29-21-13-17(8-11-20(21)28-3)24-22(27)23-14-19(26)16-6-9-18(25)10-7-16/h6-11,13,15,19,25-26H,4-5,12,14H2,1-3H3,(H2,23,24,27). The zero-order valence-corrected chi connectivity index (χ0v) is 17.1. The van der Waals surface area contributed by atoms with Crippen LogP contribution >= 0.6 is 0 Å². The van der Waals surface area contributed by atoms with E-state index in [0.29, 0.717) is 35.3 Å². The van der Waals surface area contributed by atoms with Crippen molar-refractivity contribution in [2.45, 2.75) is 32.8 Å². The van der Waals surface area contributed by atoms with E-state index in [1.165, 1.54) is 12.1 Å². The molecule has 2 amide bonds. The predicted octanol–water partition coefficient (Wildman–Crippen LogP) is 4.07. The number of aromatic hydroxyl groups is 1. The number of anilines is 1. The van der Waals surface area contributed by atoms with Crippen molar-refractivity contribution < 1.29 is 24.5 Å². The number of hydrogen-bond acceptors (Lipinski definition) is 5. The lowest BCUT2D eigenvalue weighted by atomic mass is 10.1. The van der Waals surface area contributed by atoms with Crippen molar-refractivity contribution in [3.8, 4) is 17.2 Å². The SMILES string of the molecule is COc1ccc(NC(=O)NCC(O)c2ccc(O)cc2)cc1OCCCC(C)C. The second-order valence-electron chi connectivity index (χ2n) is 7.19. The summed E-state index contributed by atoms with van der Waals surface area (Å²) in [6.45, 7) is 4.94. The van der Waals surface area contributed by atoms with E-state index in [-0.39, 0.29) is 12.3 Å². The molecule has 0 saturated heterocycles. The zero-order valence-electron chi connectivity index (χ0n) is 17.1. The van der Waals surface area contributed by atoms with Crippen LogP contribution in [0.4, 0.5) is 10.5 Å². The predicted molar refractivity (Wildman–Crippen MR) is 113 cm³/mol. The molecule has 0 bridgehead atoms. The maximum absolute atomic E-state index is 12.2. The number of aliphatic hydroxyl groups excluding tert-OH is 1. The Kier molecular flexibility index (Phi) is 8.61. The summed E-state index contributed by atoms with van der Waals surface area (Å²) in [5.74, 6) is 1.91. The molecule has 0 spiro atoms. The van der Waals surface area contributed by atoms with E-state index in [9.17, 15) is 15.0 Å². The van der Waals surface area contributed by atoms with Gasteiger partial charge >= 0.3 is 6.03 Å². The van der Waals surface area contributed by atoms with Gasteiger partial charge < -0.3 is 30.3 Å². The van der Waals surface area contributed by atoms with Crippen molar-refractivity contribution in [2.24, 2.45) is 5.92 Å². The van der Waals surface area contributed by atoms with Gasteiger partial charge in [0.25, 0.3) is 0 Å². The number of urea groups is 1. The van der Waals surface area contributed by atoms with Gasteiger partial charge in [-0.25, -0.2) is 4.79 Å². The van der Waals surface area contributed by atoms with Gasteiger partial charge in [0.05, 0.1) is 19.8 Å². The number of aliphatic hydroxyl groups is 1. The lowest BCUT2D eigenvalue weighted by Gasteiger charge is -2.15. The van der Waals surface area contributed by atoms with Crippen molar-refractivity contribution in [3.63, 3.8) is 0 Å². The first kappa shape index (κ1) is 22.4. The highest BCUT2D eigenvalue weighted by molar-refractivity contribution is 5.89. The Bertz CT molecular complexity index is 777. The topological polar surface area (TPSA) is 100 Å². The molecule has 0 aliphatic rings. The average molecular weight is 402 g/mol. The van der Waals surface area contributed by atoms with Crippen molar-refractivity contribution >= 4 is 11.7 Å². The quantitative estimate of drug-likeness (QED) is 0.449. The molecule has 7 heteroatoms. The summed E-state index contributed by atoms with van der Waals surface area (Å²) < 4.78 is 11.1. The van der Waals surface area contributed by atoms with E-state index in [0.717, 1.165) is 12.8 Å². The highest BCUT2D eigenvalue weighted by atomic mass is 16.5. The highest BCUT2D eigenvalue weighted by Gasteiger charge is 2.11. The first-order valence-corrected chi connectivity index (χ1v) is 9.71. The molecule has 2 aromatic rings. The van der Waals surface area contributed by atoms with Gasteiger partial charge in [-0.1, -0.05) is 26.0 Å². The minimum Gasteiger partial charge on any atom is -0.508 e. The molecule has 2 rings (SSSR count). The molecular formula is C22H30N2O5. The first-order valence-electron chi connectivity index (χ1n) is 9.71. The monoisotopic (exact) mass is 402 g/mol. The number of carbonyl (C=O) groups excluding carboxylic acids is 1. The molecule has 2 aromatic carbocycles. The Balaban J connectivity index is 1.88. The molecule has 0 aliphatic heterocycles. The number of nitrogens with one attached hydrogen (secondary N) is 2. The van der Waals surface area contributed by atoms with E-state index < -0.39 is 12.1 Å². The van der Waals surface area contributed by atoms with Crippen molar-refractivity contribution in [3.05, 3.63) is 48.0 Å². The number of phenols is 1. The van der Waals surface area contributed by atoms with Crippen molar-refractivity contribution in [2.75, 3.05) is 25.6 Å². The van der Waals surface area contributed by atoms with Gasteiger partial charge in [0.15, 0.2) is 11.5 Å². The normalized spacial score (nSPS) is 11.8. The lowest BCUT2D eigenvalue weighted by molar-refractivity contribution is 0.175. The molecule has 29 heavy (non-hydrogen) atoms. The van der Waals surface area contributed by atoms with Crippen LogP contribution in [0.3, 0.4) is 0 Å². The van der Waals surface area contributed by atoms with E-state index >= 15 is 0 Å². The minimum atomic E-state index is -0.878. The fourth-order valence-electron chi connectivity index (χ4n) is 2.72. The van der Waals surface area contributed by atoms with Crippen LogP contribution in [0.5, 0.6) is 17.2 Å². The molecule has 1 unspecified atom stereocenters. The van der Waals surface area contributed by atoms with E-state index in [4.69, 9.17) is 9.47 Å². The molecule has 0 heterocycles. The summed E-state index contributed by atoms with van der Waals surface area (Å²) in [7, 11) is 1.57. The molecule has 4 N–H and O–H groups in total. The number of hydrogen-bond donors (Lipinski definition) is 4. The number of methoxy groups -OCH3 is 1. The van der Waals surface area contributed by atoms with Gasteiger partial charge in [-0.15, -0.1) is 0 Å². The summed E-state index contributed by atoms with van der Waals surface area (Å²) in [5.41, 5.74) is 1.16. The van der Waals surface area contributed by atoms with Gasteiger partial charge in [0, 0.05) is 18.3 Å². The van der Waals surface area contributed by atoms with E-state index in [2.05, 4.69) is 24.5 Å². The number of rotatable bonds is 10. The van der Waals surface area contributed by atoms with Gasteiger partial charge in [-0.2, -0.15) is 0 Å². The average Bonchev–Trinajstić information content (AvgIpc) is 2.70. The number of carbonyl (C=O) groups is 1. The summed E-state index contributed by atoms with van der Waals surface area (Å²) >= 11 is 0. The van der Waals surface area contributed by atoms with Gasteiger partial charge in [0.1, 0.15) is 5.75 Å². The minimum absolute atomic E-state index is 0.0331. The van der Waals surface area contributed by atoms with Crippen LogP contribution in [0.2, 0.25) is 0 Å². The maximum Gasteiger partial charge on any atom is 0.319 e. The van der Waals surface area contributed by atoms with Gasteiger partial charge in [0.2, 0.25) is 0 Å². The summed E-state index contributed by atoms with van der Waals surface area (Å²) in [5, 5.41) is 24.8. The van der Waals surface area contributed by atoms with Crippen LogP contribution < -0.4 is 20.1 Å². The maximum atomic E-state index is 12.2. The number of phenolic OH excluding ortho intramolecular Hbond substituents is 1. The van der Waals surface area contributed by atoms with Crippen LogP contribution in [0.1, 0.15) is 38.4 Å². The Morgan fingerprint density at radius 3 is 2.48 bits per heavy atom. The molecule has 1 atom stereocenters. The van der Waals surface area contributed by atoms with Gasteiger partial charge in [-0.3, -0.25) is 0 Å². The molecule has 158 valence electrons. The second-order valence-corrected chi connectivity index (χ2v) is 7.19. The molecule has 0 radical (unpaired) electrons. The summed E-state index contributed by atoms with van der Waals surface area (Å²) in [6.07, 6.45) is 1.14. The van der Waals surface area contributed by atoms with Crippen LogP contribution in [0.15, 0.2) is 42.5 Å². The fraction of sp³-hybridized carbons (Fsp3) is 0.409. The number of ether oxygens (including phenoxy) is 2. The molecule has 0 aliphatic carbocycles. The van der Waals surface area contributed by atoms with Crippen LogP contribution in [0.25, 0.3) is 0 Å². The molecule has 0 aromatic heterocycles. The molecular weight excluding hydrogens is 372 g/mol. The van der Waals surface area contributed by atoms with E-state index in [1.807, 2.05) is 0 Å². The molecule has 7 nitrogen and oxygen atoms in total. The summed E-state index contributed by atoms with van der Waals surface area (Å²) in [6, 6.07) is 10.9. The van der Waals surface area contributed by atoms with Crippen LogP contribution in [-0.4, -0.2) is 36.5 Å². The zero-order chi connectivity index (χ0) is 21.2. The third-order valence-electron chi connectivity index (χ3n) is 4.34. The van der Waals surface area contributed by atoms with Crippen LogP contribution in [0, 0.1) is 5.92 Å². The second kappa shape index (κ2) is 11.2. The van der Waals surface area contributed by atoms with Crippen molar-refractivity contribution in [1.29, 1.82) is 0 Å². The van der Waals surface area contributed by atoms with Crippen molar-refractivity contribution in [1.82, 2.24) is 5.32 Å². The number of amides is 2. The Morgan fingerprint density at radius 2 is 1.83 bits per heavy atom. The summed E-state index contributed by atoms with van der Waals surface area (Å²) in [4.78, 5) is 12.2. The number of benzene rings is 2.